The van der Waals surface area contributed by atoms with Gasteiger partial charge >= 0.3 is 0 Å². The summed E-state index contributed by atoms with van der Waals surface area (Å²) in [5.41, 5.74) is 1.19. The molecule has 2 heterocycles. The van der Waals surface area contributed by atoms with Crippen molar-refractivity contribution < 1.29 is 28.7 Å². The molecule has 0 bridgehead atoms. The minimum atomic E-state index is -0.929. The van der Waals surface area contributed by atoms with Crippen LogP contribution >= 0.6 is 0 Å². The highest BCUT2D eigenvalue weighted by molar-refractivity contribution is 6.00. The van der Waals surface area contributed by atoms with Gasteiger partial charge in [0.25, 0.3) is 5.91 Å². The third-order valence-electron chi connectivity index (χ3n) is 8.18. The van der Waals surface area contributed by atoms with E-state index in [1.165, 1.54) is 0 Å². The van der Waals surface area contributed by atoms with Crippen molar-refractivity contribution in [1.82, 2.24) is 25.8 Å². The van der Waals surface area contributed by atoms with Gasteiger partial charge in [-0.1, -0.05) is 56.3 Å². The highest BCUT2D eigenvalue weighted by atomic mass is 16.5. The molecule has 1 fully saturated rings. The van der Waals surface area contributed by atoms with Gasteiger partial charge in [-0.25, -0.2) is 0 Å². The number of rotatable bonds is 7. The molecule has 2 aliphatic heterocycles. The van der Waals surface area contributed by atoms with Crippen molar-refractivity contribution in [2.75, 3.05) is 53.0 Å². The summed E-state index contributed by atoms with van der Waals surface area (Å²) in [5.74, 6) is -1.02. The number of hydrogen-bond acceptors (Lipinski definition) is 7. The Balaban J connectivity index is 1.58. The number of methoxy groups -OCH3 is 1. The van der Waals surface area contributed by atoms with Crippen molar-refractivity contribution in [3.63, 3.8) is 0 Å². The normalized spacial score (nSPS) is 22.5. The van der Waals surface area contributed by atoms with Gasteiger partial charge in [-0.3, -0.25) is 24.1 Å². The van der Waals surface area contributed by atoms with Gasteiger partial charge in [-0.05, 0) is 30.0 Å². The Hall–Kier alpha value is -3.96. The van der Waals surface area contributed by atoms with Gasteiger partial charge in [0.15, 0.2) is 0 Å². The summed E-state index contributed by atoms with van der Waals surface area (Å²) in [6, 6.07) is 14.2. The van der Waals surface area contributed by atoms with Crippen LogP contribution in [-0.4, -0.2) is 105 Å². The predicted molar refractivity (Wildman–Crippen MR) is 166 cm³/mol. The second-order valence-corrected chi connectivity index (χ2v) is 11.7. The minimum Gasteiger partial charge on any atom is -0.491 e. The van der Waals surface area contributed by atoms with E-state index in [4.69, 9.17) is 9.47 Å². The van der Waals surface area contributed by atoms with E-state index in [1.54, 1.807) is 36.3 Å². The Bertz CT molecular complexity index is 1260. The van der Waals surface area contributed by atoms with E-state index in [9.17, 15) is 19.2 Å². The number of nitrogens with zero attached hydrogens (tertiary/aromatic N) is 2. The van der Waals surface area contributed by atoms with Crippen molar-refractivity contribution in [2.24, 2.45) is 5.92 Å². The molecule has 238 valence electrons. The van der Waals surface area contributed by atoms with E-state index >= 15 is 0 Å². The first-order valence-corrected chi connectivity index (χ1v) is 15.4. The fourth-order valence-electron chi connectivity index (χ4n) is 5.37. The van der Waals surface area contributed by atoms with Crippen LogP contribution in [0, 0.1) is 5.92 Å². The standard InChI is InChI=1S/C33H45N5O6/c1-23(2)28-22-44-29-12-8-7-11-25(29)31(40)35-26(33(42)38-17-15-37(16-18-38)19-20-43-3)13-14-30(39)34-27(32(41)36-28)21-24-9-5-4-6-10-24/h4-12,23,26-28H,13-22H2,1-3H3,(H,34,39)(H,35,40)(H,36,41)/t26-,27-,28-/m0/s1. The fourth-order valence-corrected chi connectivity index (χ4v) is 5.37. The zero-order valence-corrected chi connectivity index (χ0v) is 25.9. The molecule has 1 saturated heterocycles. The highest BCUT2D eigenvalue weighted by Crippen LogP contribution is 2.20. The van der Waals surface area contributed by atoms with E-state index in [0.717, 1.165) is 12.1 Å². The number of hydrogen-bond donors (Lipinski definition) is 3. The number of benzene rings is 2. The molecule has 4 rings (SSSR count). The maximum absolute atomic E-state index is 13.7. The fraction of sp³-hybridized carbons (Fsp3) is 0.515. The van der Waals surface area contributed by atoms with Gasteiger partial charge < -0.3 is 30.3 Å². The van der Waals surface area contributed by atoms with Gasteiger partial charge in [-0.15, -0.1) is 0 Å². The average Bonchev–Trinajstić information content (AvgIpc) is 3.03. The lowest BCUT2D eigenvalue weighted by Crippen LogP contribution is -2.55. The van der Waals surface area contributed by atoms with Gasteiger partial charge in [0, 0.05) is 52.7 Å². The molecular formula is C33H45N5O6. The van der Waals surface area contributed by atoms with Crippen LogP contribution < -0.4 is 20.7 Å². The molecule has 3 N–H and O–H groups in total. The first-order valence-electron chi connectivity index (χ1n) is 15.4. The van der Waals surface area contributed by atoms with Crippen LogP contribution in [0.15, 0.2) is 54.6 Å². The zero-order chi connectivity index (χ0) is 31.5. The largest absolute Gasteiger partial charge is 0.491 e. The molecule has 11 nitrogen and oxygen atoms in total. The van der Waals surface area contributed by atoms with Crippen LogP contribution in [0.25, 0.3) is 0 Å². The number of ether oxygens (including phenoxy) is 2. The minimum absolute atomic E-state index is 0.0145. The third-order valence-corrected chi connectivity index (χ3v) is 8.18. The smallest absolute Gasteiger partial charge is 0.255 e. The van der Waals surface area contributed by atoms with Crippen LogP contribution in [0.3, 0.4) is 0 Å². The summed E-state index contributed by atoms with van der Waals surface area (Å²) in [6.07, 6.45) is 0.339. The van der Waals surface area contributed by atoms with Gasteiger partial charge in [0.2, 0.25) is 17.7 Å². The molecule has 2 aromatic carbocycles. The monoisotopic (exact) mass is 607 g/mol. The van der Waals surface area contributed by atoms with Crippen LogP contribution in [0.4, 0.5) is 0 Å². The topological polar surface area (TPSA) is 129 Å². The Morgan fingerprint density at radius 3 is 2.36 bits per heavy atom. The van der Waals surface area contributed by atoms with Crippen LogP contribution in [0.1, 0.15) is 42.6 Å². The van der Waals surface area contributed by atoms with Gasteiger partial charge in [0.1, 0.15) is 24.4 Å². The van der Waals surface area contributed by atoms with E-state index < -0.39 is 18.0 Å². The molecule has 3 atom stereocenters. The number of carbonyl (C=O) groups is 4. The molecule has 0 unspecified atom stereocenters. The molecule has 2 aromatic rings. The second kappa shape index (κ2) is 16.2. The Morgan fingerprint density at radius 1 is 0.955 bits per heavy atom. The number of fused-ring (bicyclic) bond motifs is 1. The first-order chi connectivity index (χ1) is 21.2. The first kappa shape index (κ1) is 32.9. The maximum Gasteiger partial charge on any atom is 0.255 e. The summed E-state index contributed by atoms with van der Waals surface area (Å²) in [4.78, 5) is 58.1. The zero-order valence-electron chi connectivity index (χ0n) is 25.9. The average molecular weight is 608 g/mol. The number of para-hydroxylation sites is 1. The number of nitrogens with one attached hydrogen (secondary N) is 3. The second-order valence-electron chi connectivity index (χ2n) is 11.7. The molecule has 2 aliphatic rings. The molecule has 11 heteroatoms. The lowest BCUT2D eigenvalue weighted by Gasteiger charge is -2.36. The van der Waals surface area contributed by atoms with Crippen LogP contribution in [0.5, 0.6) is 5.75 Å². The van der Waals surface area contributed by atoms with E-state index in [2.05, 4.69) is 20.9 Å². The Kier molecular flexibility index (Phi) is 12.1. The Morgan fingerprint density at radius 2 is 1.66 bits per heavy atom. The predicted octanol–water partition coefficient (Wildman–Crippen LogP) is 1.62. The number of piperazine rings is 1. The summed E-state index contributed by atoms with van der Waals surface area (Å²) >= 11 is 0. The highest BCUT2D eigenvalue weighted by Gasteiger charge is 2.32. The third kappa shape index (κ3) is 9.27. The van der Waals surface area contributed by atoms with Gasteiger partial charge in [0.05, 0.1) is 18.2 Å². The van der Waals surface area contributed by atoms with Crippen LogP contribution in [0.2, 0.25) is 0 Å². The lowest BCUT2D eigenvalue weighted by molar-refractivity contribution is -0.135. The Labute approximate surface area is 259 Å². The molecule has 0 radical (unpaired) electrons. The molecule has 0 aromatic heterocycles. The summed E-state index contributed by atoms with van der Waals surface area (Å²) in [6.45, 7) is 7.87. The molecule has 0 aliphatic carbocycles. The van der Waals surface area contributed by atoms with E-state index in [1.807, 2.05) is 44.2 Å². The molecule has 0 saturated carbocycles. The summed E-state index contributed by atoms with van der Waals surface area (Å²) in [7, 11) is 1.66. The summed E-state index contributed by atoms with van der Waals surface area (Å²) in [5, 5.41) is 8.84. The molecular weight excluding hydrogens is 562 g/mol. The number of amides is 4. The SMILES string of the molecule is COCCN1CCN(C(=O)[C@@H]2CCC(=O)N[C@@H](Cc3ccccc3)C(=O)N[C@H](C(C)C)COc3ccccc3C(=O)N2)CC1. The van der Waals surface area contributed by atoms with Crippen molar-refractivity contribution in [3.8, 4) is 5.75 Å². The van der Waals surface area contributed by atoms with Crippen molar-refractivity contribution >= 4 is 23.6 Å². The van der Waals surface area contributed by atoms with E-state index in [0.29, 0.717) is 45.0 Å². The molecule has 4 amide bonds. The molecule has 0 spiro atoms. The van der Waals surface area contributed by atoms with Crippen LogP contribution in [-0.2, 0) is 25.5 Å². The lowest BCUT2D eigenvalue weighted by atomic mass is 10.0. The van der Waals surface area contributed by atoms with Gasteiger partial charge in [-0.2, -0.15) is 0 Å². The molecule has 44 heavy (non-hydrogen) atoms. The number of carbonyl (C=O) groups excluding carboxylic acids is 4. The maximum atomic E-state index is 13.7. The van der Waals surface area contributed by atoms with E-state index in [-0.39, 0.29) is 54.7 Å². The summed E-state index contributed by atoms with van der Waals surface area (Å²) < 4.78 is 11.3. The van der Waals surface area contributed by atoms with Crippen molar-refractivity contribution in [1.29, 1.82) is 0 Å². The quantitative estimate of drug-likeness (QED) is 0.436. The van der Waals surface area contributed by atoms with Crippen molar-refractivity contribution in [3.05, 3.63) is 65.7 Å². The van der Waals surface area contributed by atoms with Crippen molar-refractivity contribution in [2.45, 2.75) is 51.2 Å².